The Balaban J connectivity index is 1.54. The molecule has 0 radical (unpaired) electrons. The summed E-state index contributed by atoms with van der Waals surface area (Å²) in [4.78, 5) is 42.1. The van der Waals surface area contributed by atoms with Gasteiger partial charge < -0.3 is 14.5 Å². The fourth-order valence-corrected chi connectivity index (χ4v) is 9.73. The normalized spacial score (nSPS) is 41.7. The molecular formula is C31H52N2O4. The van der Waals surface area contributed by atoms with Crippen molar-refractivity contribution in [1.82, 2.24) is 9.80 Å². The second kappa shape index (κ2) is 10.5. The maximum absolute atomic E-state index is 14.3. The van der Waals surface area contributed by atoms with Gasteiger partial charge in [-0.1, -0.05) is 27.7 Å². The summed E-state index contributed by atoms with van der Waals surface area (Å²) in [5.41, 5.74) is 0.334. The zero-order valence-electron chi connectivity index (χ0n) is 24.7. The molecule has 0 aromatic carbocycles. The Morgan fingerprint density at radius 1 is 0.946 bits per heavy atom. The molecule has 4 aliphatic carbocycles. The molecule has 0 bridgehead atoms. The maximum Gasteiger partial charge on any atom is 0.409 e. The molecule has 0 aromatic rings. The lowest BCUT2D eigenvalue weighted by Crippen LogP contribution is -2.61. The quantitative estimate of drug-likeness (QED) is 0.432. The molecule has 0 aliphatic heterocycles. The topological polar surface area (TPSA) is 66.9 Å². The lowest BCUT2D eigenvalue weighted by Gasteiger charge is -2.62. The molecule has 2 amide bonds. The summed E-state index contributed by atoms with van der Waals surface area (Å²) >= 11 is 0. The first-order valence-corrected chi connectivity index (χ1v) is 15.0. The Morgan fingerprint density at radius 3 is 2.22 bits per heavy atom. The Kier molecular flexibility index (Phi) is 8.08. The van der Waals surface area contributed by atoms with Crippen LogP contribution in [-0.2, 0) is 14.3 Å². The van der Waals surface area contributed by atoms with Gasteiger partial charge in [-0.2, -0.15) is 0 Å². The van der Waals surface area contributed by atoms with Crippen LogP contribution < -0.4 is 0 Å². The van der Waals surface area contributed by atoms with Crippen molar-refractivity contribution in [2.75, 3.05) is 28.2 Å². The molecule has 6 heteroatoms. The van der Waals surface area contributed by atoms with E-state index in [0.29, 0.717) is 41.8 Å². The predicted octanol–water partition coefficient (Wildman–Crippen LogP) is 6.03. The van der Waals surface area contributed by atoms with Gasteiger partial charge in [0.05, 0.1) is 0 Å². The molecule has 37 heavy (non-hydrogen) atoms. The van der Waals surface area contributed by atoms with E-state index >= 15 is 0 Å². The summed E-state index contributed by atoms with van der Waals surface area (Å²) in [6.07, 6.45) is 9.54. The minimum absolute atomic E-state index is 0.0728. The van der Waals surface area contributed by atoms with Gasteiger partial charge in [0.2, 0.25) is 5.91 Å². The van der Waals surface area contributed by atoms with Gasteiger partial charge in [-0.05, 0) is 98.2 Å². The highest BCUT2D eigenvalue weighted by Gasteiger charge is 2.65. The molecule has 4 fully saturated rings. The second-order valence-corrected chi connectivity index (χ2v) is 14.0. The number of carbonyl (C=O) groups excluding carboxylic acids is 3. The third kappa shape index (κ3) is 4.84. The molecule has 0 spiro atoms. The van der Waals surface area contributed by atoms with Crippen LogP contribution >= 0.6 is 0 Å². The van der Waals surface area contributed by atoms with Crippen molar-refractivity contribution in [3.63, 3.8) is 0 Å². The summed E-state index contributed by atoms with van der Waals surface area (Å²) in [6.45, 7) is 9.48. The molecule has 4 aliphatic rings. The molecule has 0 heterocycles. The van der Waals surface area contributed by atoms with Gasteiger partial charge in [0.25, 0.3) is 0 Å². The van der Waals surface area contributed by atoms with Crippen molar-refractivity contribution in [1.29, 1.82) is 0 Å². The van der Waals surface area contributed by atoms with Crippen LogP contribution in [0, 0.1) is 52.3 Å². The zero-order valence-corrected chi connectivity index (χ0v) is 24.7. The van der Waals surface area contributed by atoms with Crippen LogP contribution in [-0.4, -0.2) is 61.9 Å². The molecule has 210 valence electrons. The Labute approximate surface area is 225 Å². The standard InChI is InChI=1S/C31H52N2O4/c1-9-21-25-18-20(37-29(36)33(7)8)14-16-31(25,4)24-15-17-30(3)22(11-12-23(30)27(24)28(21)35)19(2)10-13-26(34)32(5)6/h19-25,27H,9-18H2,1-8H3/t19-,20+,21?,22?,23?,24?,25?,27?,30+,31+/m0/s1. The number of hydrogen-bond acceptors (Lipinski definition) is 4. The van der Waals surface area contributed by atoms with Crippen molar-refractivity contribution in [2.24, 2.45) is 52.3 Å². The Hall–Kier alpha value is -1.59. The van der Waals surface area contributed by atoms with Crippen LogP contribution in [0.5, 0.6) is 0 Å². The van der Waals surface area contributed by atoms with Gasteiger partial charge in [0.1, 0.15) is 11.9 Å². The number of ketones is 1. The molecule has 6 nitrogen and oxygen atoms in total. The number of nitrogens with zero attached hydrogens (tertiary/aromatic N) is 2. The summed E-state index contributed by atoms with van der Waals surface area (Å²) in [7, 11) is 7.14. The smallest absolute Gasteiger partial charge is 0.409 e. The van der Waals surface area contributed by atoms with E-state index in [9.17, 15) is 14.4 Å². The van der Waals surface area contributed by atoms with Crippen LogP contribution in [0.1, 0.15) is 91.9 Å². The Morgan fingerprint density at radius 2 is 1.59 bits per heavy atom. The van der Waals surface area contributed by atoms with Crippen molar-refractivity contribution >= 4 is 17.8 Å². The van der Waals surface area contributed by atoms with Gasteiger partial charge in [0, 0.05) is 46.4 Å². The van der Waals surface area contributed by atoms with E-state index in [4.69, 9.17) is 4.74 Å². The monoisotopic (exact) mass is 516 g/mol. The fourth-order valence-electron chi connectivity index (χ4n) is 9.73. The van der Waals surface area contributed by atoms with E-state index in [1.807, 2.05) is 14.1 Å². The van der Waals surface area contributed by atoms with E-state index in [1.165, 1.54) is 17.7 Å². The highest BCUT2D eigenvalue weighted by molar-refractivity contribution is 5.86. The van der Waals surface area contributed by atoms with Gasteiger partial charge in [0.15, 0.2) is 0 Å². The predicted molar refractivity (Wildman–Crippen MR) is 146 cm³/mol. The average Bonchev–Trinajstić information content (AvgIpc) is 3.20. The second-order valence-electron chi connectivity index (χ2n) is 14.0. The molecule has 0 saturated heterocycles. The first kappa shape index (κ1) is 28.4. The van der Waals surface area contributed by atoms with Gasteiger partial charge in [-0.15, -0.1) is 0 Å². The number of amides is 2. The van der Waals surface area contributed by atoms with Gasteiger partial charge in [-0.3, -0.25) is 9.59 Å². The molecule has 0 aromatic heterocycles. The van der Waals surface area contributed by atoms with Crippen molar-refractivity contribution < 1.29 is 19.1 Å². The molecular weight excluding hydrogens is 464 g/mol. The zero-order chi connectivity index (χ0) is 27.3. The van der Waals surface area contributed by atoms with Crippen molar-refractivity contribution in [3.05, 3.63) is 0 Å². The number of rotatable bonds is 6. The molecule has 6 unspecified atom stereocenters. The lowest BCUT2D eigenvalue weighted by atomic mass is 9.42. The number of hydrogen-bond donors (Lipinski definition) is 0. The fraction of sp³-hybridized carbons (Fsp3) is 0.903. The first-order chi connectivity index (χ1) is 17.3. The minimum Gasteiger partial charge on any atom is -0.446 e. The summed E-state index contributed by atoms with van der Waals surface area (Å²) < 4.78 is 5.84. The summed E-state index contributed by atoms with van der Waals surface area (Å²) in [5.74, 6) is 3.28. The molecule has 4 rings (SSSR count). The summed E-state index contributed by atoms with van der Waals surface area (Å²) in [6, 6.07) is 0. The van der Waals surface area contributed by atoms with Crippen molar-refractivity contribution in [3.8, 4) is 0 Å². The van der Waals surface area contributed by atoms with Crippen LogP contribution in [0.3, 0.4) is 0 Å². The largest absolute Gasteiger partial charge is 0.446 e. The van der Waals surface area contributed by atoms with E-state index in [0.717, 1.165) is 44.9 Å². The Bertz CT molecular complexity index is 886. The molecule has 0 N–H and O–H groups in total. The molecule has 4 saturated carbocycles. The summed E-state index contributed by atoms with van der Waals surface area (Å²) in [5, 5.41) is 0. The lowest BCUT2D eigenvalue weighted by molar-refractivity contribution is -0.173. The minimum atomic E-state index is -0.270. The highest BCUT2D eigenvalue weighted by Crippen LogP contribution is 2.68. The van der Waals surface area contributed by atoms with Crippen LogP contribution in [0.4, 0.5) is 4.79 Å². The van der Waals surface area contributed by atoms with Gasteiger partial charge in [-0.25, -0.2) is 4.79 Å². The number of Topliss-reactive ketones (excluding diaryl/α,β-unsaturated/α-hetero) is 1. The number of carbonyl (C=O) groups is 3. The van der Waals surface area contributed by atoms with Crippen molar-refractivity contribution in [2.45, 2.75) is 98.0 Å². The van der Waals surface area contributed by atoms with E-state index in [2.05, 4.69) is 27.7 Å². The average molecular weight is 517 g/mol. The number of fused-ring (bicyclic) bond motifs is 5. The van der Waals surface area contributed by atoms with Crippen LogP contribution in [0.25, 0.3) is 0 Å². The number of ether oxygens (including phenoxy) is 1. The maximum atomic E-state index is 14.3. The van der Waals surface area contributed by atoms with E-state index in [-0.39, 0.29) is 40.8 Å². The van der Waals surface area contributed by atoms with Crippen LogP contribution in [0.2, 0.25) is 0 Å². The van der Waals surface area contributed by atoms with E-state index in [1.54, 1.807) is 19.0 Å². The third-order valence-electron chi connectivity index (χ3n) is 11.8. The SMILES string of the molecule is CCC1C(=O)C2C(CC[C@@]3(C)C2CCC3[C@@H](C)CCC(=O)N(C)C)[C@@]2(C)CC[C@@H](OC(=O)N(C)C)CC12. The van der Waals surface area contributed by atoms with E-state index < -0.39 is 0 Å². The highest BCUT2D eigenvalue weighted by atomic mass is 16.6. The third-order valence-corrected chi connectivity index (χ3v) is 11.8. The first-order valence-electron chi connectivity index (χ1n) is 15.0. The molecule has 10 atom stereocenters. The van der Waals surface area contributed by atoms with Gasteiger partial charge >= 0.3 is 6.09 Å². The van der Waals surface area contributed by atoms with Crippen LogP contribution in [0.15, 0.2) is 0 Å².